The number of ether oxygens (including phenoxy) is 1. The van der Waals surface area contributed by atoms with Crippen molar-refractivity contribution in [3.05, 3.63) is 0 Å². The highest BCUT2D eigenvalue weighted by Crippen LogP contribution is 1.92. The number of hydrogen-bond donors (Lipinski definition) is 0. The van der Waals surface area contributed by atoms with Crippen molar-refractivity contribution in [2.75, 3.05) is 33.8 Å². The molecule has 0 rings (SSSR count). The summed E-state index contributed by atoms with van der Waals surface area (Å²) in [6.07, 6.45) is 1.18. The minimum atomic E-state index is -0.178. The minimum absolute atomic E-state index is 0.178. The molecule has 0 aromatic heterocycles. The zero-order valence-electron chi connectivity index (χ0n) is 10.2. The van der Waals surface area contributed by atoms with Gasteiger partial charge in [0.25, 0.3) is 0 Å². The van der Waals surface area contributed by atoms with Crippen LogP contribution in [0.1, 0.15) is 26.7 Å². The molecule has 0 N–H and O–H groups in total. The van der Waals surface area contributed by atoms with E-state index in [4.69, 9.17) is 4.74 Å². The predicted octanol–water partition coefficient (Wildman–Crippen LogP) is 1.35. The lowest BCUT2D eigenvalue weighted by molar-refractivity contribution is -0.142. The molecule has 0 amide bonds. The molecule has 0 radical (unpaired) electrons. The molecule has 0 aliphatic heterocycles. The Hall–Kier alpha value is -0.900. The molecule has 0 aromatic rings. The Balaban J connectivity index is 3.70. The van der Waals surface area contributed by atoms with Crippen LogP contribution >= 0.6 is 0 Å². The molecule has 0 fully saturated rings. The average molecular weight is 214 g/mol. The molecule has 0 bridgehead atoms. The summed E-state index contributed by atoms with van der Waals surface area (Å²) >= 11 is 0. The highest BCUT2D eigenvalue weighted by molar-refractivity contribution is 5.97. The third kappa shape index (κ3) is 9.41. The smallest absolute Gasteiger partial charge is 0.311 e. The first-order valence-electron chi connectivity index (χ1n) is 5.36. The van der Waals surface area contributed by atoms with Crippen molar-refractivity contribution < 1.29 is 9.53 Å². The summed E-state index contributed by atoms with van der Waals surface area (Å²) in [6.45, 7) is 5.99. The van der Waals surface area contributed by atoms with Crippen LogP contribution in [0.3, 0.4) is 0 Å². The van der Waals surface area contributed by atoms with Gasteiger partial charge < -0.3 is 9.64 Å². The van der Waals surface area contributed by atoms with E-state index in [0.29, 0.717) is 13.0 Å². The number of carbonyl (C=O) groups excluding carboxylic acids is 1. The lowest BCUT2D eigenvalue weighted by Gasteiger charge is -2.07. The number of hydrogen-bond acceptors (Lipinski definition) is 4. The van der Waals surface area contributed by atoms with E-state index in [-0.39, 0.29) is 5.97 Å². The second-order valence-electron chi connectivity index (χ2n) is 3.82. The molecule has 0 heterocycles. The molecular formula is C11H22N2O2. The van der Waals surface area contributed by atoms with Crippen LogP contribution in [0.25, 0.3) is 0 Å². The fraction of sp³-hybridized carbons (Fsp3) is 0.818. The standard InChI is InChI=1S/C11H22N2O2/c1-5-8-15-11(14)9-10(2)12-6-7-13(3)4/h5-9H2,1-4H3. The molecule has 0 atom stereocenters. The third-order valence-corrected chi connectivity index (χ3v) is 1.80. The van der Waals surface area contributed by atoms with Gasteiger partial charge in [0.15, 0.2) is 0 Å². The fourth-order valence-electron chi connectivity index (χ4n) is 0.973. The van der Waals surface area contributed by atoms with Crippen molar-refractivity contribution >= 4 is 11.7 Å². The first-order chi connectivity index (χ1) is 7.06. The number of rotatable bonds is 7. The molecule has 0 saturated heterocycles. The van der Waals surface area contributed by atoms with Crippen LogP contribution in [0, 0.1) is 0 Å². The molecule has 4 heteroatoms. The SMILES string of the molecule is CCCOC(=O)CC(C)=NCCN(C)C. The molecule has 0 aliphatic rings. The second kappa shape index (κ2) is 8.41. The van der Waals surface area contributed by atoms with Gasteiger partial charge in [-0.2, -0.15) is 0 Å². The summed E-state index contributed by atoms with van der Waals surface area (Å²) in [5.74, 6) is -0.178. The van der Waals surface area contributed by atoms with E-state index in [1.165, 1.54) is 0 Å². The molecule has 0 unspecified atom stereocenters. The number of likely N-dealkylation sites (N-methyl/N-ethyl adjacent to an activating group) is 1. The Morgan fingerprint density at radius 3 is 2.60 bits per heavy atom. The van der Waals surface area contributed by atoms with Crippen LogP contribution in [0.2, 0.25) is 0 Å². The Kier molecular flexibility index (Phi) is 7.91. The Morgan fingerprint density at radius 1 is 1.40 bits per heavy atom. The quantitative estimate of drug-likeness (QED) is 0.474. The highest BCUT2D eigenvalue weighted by atomic mass is 16.5. The summed E-state index contributed by atoms with van der Waals surface area (Å²) in [7, 11) is 4.00. The Bertz CT molecular complexity index is 213. The van der Waals surface area contributed by atoms with E-state index < -0.39 is 0 Å². The normalized spacial score (nSPS) is 11.9. The molecule has 0 spiro atoms. The van der Waals surface area contributed by atoms with Crippen LogP contribution in [0.4, 0.5) is 0 Å². The van der Waals surface area contributed by atoms with Gasteiger partial charge in [0, 0.05) is 12.3 Å². The van der Waals surface area contributed by atoms with E-state index in [1.807, 2.05) is 27.9 Å². The predicted molar refractivity (Wildman–Crippen MR) is 62.4 cm³/mol. The van der Waals surface area contributed by atoms with Crippen LogP contribution in [0.5, 0.6) is 0 Å². The van der Waals surface area contributed by atoms with Crippen molar-refractivity contribution in [2.24, 2.45) is 4.99 Å². The Labute approximate surface area is 92.3 Å². The highest BCUT2D eigenvalue weighted by Gasteiger charge is 2.03. The van der Waals surface area contributed by atoms with E-state index in [9.17, 15) is 4.79 Å². The van der Waals surface area contributed by atoms with E-state index in [2.05, 4.69) is 9.89 Å². The zero-order chi connectivity index (χ0) is 11.7. The minimum Gasteiger partial charge on any atom is -0.465 e. The van der Waals surface area contributed by atoms with Gasteiger partial charge >= 0.3 is 5.97 Å². The zero-order valence-corrected chi connectivity index (χ0v) is 10.2. The van der Waals surface area contributed by atoms with Gasteiger partial charge in [-0.1, -0.05) is 6.92 Å². The maximum Gasteiger partial charge on any atom is 0.311 e. The largest absolute Gasteiger partial charge is 0.465 e. The van der Waals surface area contributed by atoms with Crippen LogP contribution in [0.15, 0.2) is 4.99 Å². The van der Waals surface area contributed by atoms with E-state index in [0.717, 1.165) is 25.2 Å². The molecule has 15 heavy (non-hydrogen) atoms. The number of carbonyl (C=O) groups is 1. The Morgan fingerprint density at radius 2 is 2.07 bits per heavy atom. The van der Waals surface area contributed by atoms with E-state index in [1.54, 1.807) is 0 Å². The second-order valence-corrected chi connectivity index (χ2v) is 3.82. The summed E-state index contributed by atoms with van der Waals surface area (Å²) in [5.41, 5.74) is 0.845. The van der Waals surface area contributed by atoms with Crippen molar-refractivity contribution in [3.8, 4) is 0 Å². The van der Waals surface area contributed by atoms with Crippen molar-refractivity contribution in [2.45, 2.75) is 26.7 Å². The van der Waals surface area contributed by atoms with Crippen LogP contribution in [-0.2, 0) is 9.53 Å². The fourth-order valence-corrected chi connectivity index (χ4v) is 0.973. The molecule has 0 aliphatic carbocycles. The summed E-state index contributed by atoms with van der Waals surface area (Å²) in [6, 6.07) is 0. The van der Waals surface area contributed by atoms with Gasteiger partial charge in [0.1, 0.15) is 0 Å². The summed E-state index contributed by atoms with van der Waals surface area (Å²) in [4.78, 5) is 17.5. The maximum absolute atomic E-state index is 11.2. The van der Waals surface area contributed by atoms with Crippen molar-refractivity contribution in [3.63, 3.8) is 0 Å². The summed E-state index contributed by atoms with van der Waals surface area (Å²) in [5, 5.41) is 0. The number of aliphatic imine (C=N–C) groups is 1. The average Bonchev–Trinajstić information content (AvgIpc) is 2.14. The third-order valence-electron chi connectivity index (χ3n) is 1.80. The van der Waals surface area contributed by atoms with Gasteiger partial charge in [-0.15, -0.1) is 0 Å². The first-order valence-corrected chi connectivity index (χ1v) is 5.36. The van der Waals surface area contributed by atoms with Gasteiger partial charge in [-0.3, -0.25) is 9.79 Å². The monoisotopic (exact) mass is 214 g/mol. The summed E-state index contributed by atoms with van der Waals surface area (Å²) < 4.78 is 4.96. The topological polar surface area (TPSA) is 41.9 Å². The molecule has 88 valence electrons. The molecule has 0 saturated carbocycles. The van der Waals surface area contributed by atoms with Crippen molar-refractivity contribution in [1.82, 2.24) is 4.90 Å². The lowest BCUT2D eigenvalue weighted by atomic mass is 10.3. The van der Waals surface area contributed by atoms with Gasteiger partial charge in [0.05, 0.1) is 19.6 Å². The molecular weight excluding hydrogens is 192 g/mol. The van der Waals surface area contributed by atoms with E-state index >= 15 is 0 Å². The van der Waals surface area contributed by atoms with Gasteiger partial charge in [0.2, 0.25) is 0 Å². The maximum atomic E-state index is 11.2. The van der Waals surface area contributed by atoms with Crippen LogP contribution in [-0.4, -0.2) is 50.4 Å². The first kappa shape index (κ1) is 14.1. The lowest BCUT2D eigenvalue weighted by Crippen LogP contribution is -2.16. The van der Waals surface area contributed by atoms with Gasteiger partial charge in [-0.05, 0) is 27.4 Å². The van der Waals surface area contributed by atoms with Crippen molar-refractivity contribution in [1.29, 1.82) is 0 Å². The number of esters is 1. The molecule has 0 aromatic carbocycles. The van der Waals surface area contributed by atoms with Crippen LogP contribution < -0.4 is 0 Å². The van der Waals surface area contributed by atoms with Gasteiger partial charge in [-0.25, -0.2) is 0 Å². The number of nitrogens with zero attached hydrogens (tertiary/aromatic N) is 2. The molecule has 4 nitrogen and oxygen atoms in total.